The van der Waals surface area contributed by atoms with Crippen LogP contribution >= 0.6 is 0 Å². The summed E-state index contributed by atoms with van der Waals surface area (Å²) < 4.78 is 4.78. The summed E-state index contributed by atoms with van der Waals surface area (Å²) in [6.07, 6.45) is 2.95. The molecule has 60 valence electrons. The van der Waals surface area contributed by atoms with E-state index >= 15 is 0 Å². The Bertz CT molecular complexity index is 228. The van der Waals surface area contributed by atoms with Crippen molar-refractivity contribution in [2.24, 2.45) is 0 Å². The van der Waals surface area contributed by atoms with E-state index in [2.05, 4.69) is 5.32 Å². The predicted octanol–water partition coefficient (Wildman–Crippen LogP) is 1.07. The molecule has 0 aromatic carbocycles. The second-order valence-electron chi connectivity index (χ2n) is 2.39. The molecule has 0 saturated carbocycles. The zero-order valence-corrected chi connectivity index (χ0v) is 6.63. The summed E-state index contributed by atoms with van der Waals surface area (Å²) in [5, 5.41) is 2.86. The standard InChI is InChI=1S/C8H11NO2/c1-6(9-2)8(10)7-3-4-11-5-7/h3-6,9H,1-2H3/t6-/m0/s1. The molecule has 0 amide bonds. The lowest BCUT2D eigenvalue weighted by molar-refractivity contribution is 0.0954. The molecule has 3 nitrogen and oxygen atoms in total. The van der Waals surface area contributed by atoms with Crippen molar-refractivity contribution < 1.29 is 9.21 Å². The number of hydrogen-bond acceptors (Lipinski definition) is 3. The van der Waals surface area contributed by atoms with Gasteiger partial charge in [0.1, 0.15) is 6.26 Å². The predicted molar refractivity (Wildman–Crippen MR) is 41.6 cm³/mol. The molecule has 0 aliphatic heterocycles. The molecule has 0 saturated heterocycles. The van der Waals surface area contributed by atoms with E-state index in [-0.39, 0.29) is 11.8 Å². The highest BCUT2D eigenvalue weighted by molar-refractivity contribution is 5.99. The van der Waals surface area contributed by atoms with Crippen molar-refractivity contribution in [2.45, 2.75) is 13.0 Å². The van der Waals surface area contributed by atoms with Crippen LogP contribution in [0.4, 0.5) is 0 Å². The first-order valence-electron chi connectivity index (χ1n) is 3.49. The Morgan fingerprint density at radius 1 is 1.73 bits per heavy atom. The first-order valence-corrected chi connectivity index (χ1v) is 3.49. The van der Waals surface area contributed by atoms with Gasteiger partial charge in [0.25, 0.3) is 0 Å². The molecule has 0 radical (unpaired) electrons. The maximum atomic E-state index is 11.3. The van der Waals surface area contributed by atoms with Crippen LogP contribution in [-0.4, -0.2) is 18.9 Å². The summed E-state index contributed by atoms with van der Waals surface area (Å²) in [7, 11) is 1.75. The molecule has 0 fully saturated rings. The van der Waals surface area contributed by atoms with Crippen LogP contribution in [-0.2, 0) is 0 Å². The van der Waals surface area contributed by atoms with Crippen LogP contribution < -0.4 is 5.32 Å². The van der Waals surface area contributed by atoms with Crippen molar-refractivity contribution in [3.63, 3.8) is 0 Å². The van der Waals surface area contributed by atoms with E-state index in [9.17, 15) is 4.79 Å². The number of Topliss-reactive ketones (excluding diaryl/α,β-unsaturated/α-hetero) is 1. The molecule has 1 heterocycles. The zero-order valence-electron chi connectivity index (χ0n) is 6.63. The van der Waals surface area contributed by atoms with E-state index in [0.717, 1.165) is 0 Å². The van der Waals surface area contributed by atoms with Gasteiger partial charge in [-0.3, -0.25) is 4.79 Å². The maximum Gasteiger partial charge on any atom is 0.182 e. The summed E-state index contributed by atoms with van der Waals surface area (Å²) in [6.45, 7) is 1.81. The molecule has 0 aliphatic carbocycles. The average Bonchev–Trinajstić information content (AvgIpc) is 2.53. The molecule has 0 unspecified atom stereocenters. The van der Waals surface area contributed by atoms with Crippen LogP contribution in [0, 0.1) is 0 Å². The van der Waals surface area contributed by atoms with Gasteiger partial charge in [0.15, 0.2) is 5.78 Å². The Labute approximate surface area is 65.4 Å². The maximum absolute atomic E-state index is 11.3. The second kappa shape index (κ2) is 3.34. The van der Waals surface area contributed by atoms with Gasteiger partial charge in [-0.2, -0.15) is 0 Å². The van der Waals surface area contributed by atoms with Gasteiger partial charge in [-0.25, -0.2) is 0 Å². The van der Waals surface area contributed by atoms with Crippen LogP contribution in [0.3, 0.4) is 0 Å². The molecule has 1 N–H and O–H groups in total. The van der Waals surface area contributed by atoms with Gasteiger partial charge in [-0.15, -0.1) is 0 Å². The lowest BCUT2D eigenvalue weighted by Gasteiger charge is -2.05. The Morgan fingerprint density at radius 3 is 2.91 bits per heavy atom. The highest BCUT2D eigenvalue weighted by atomic mass is 16.3. The number of furan rings is 1. The van der Waals surface area contributed by atoms with Gasteiger partial charge >= 0.3 is 0 Å². The minimum Gasteiger partial charge on any atom is -0.472 e. The third-order valence-electron chi connectivity index (χ3n) is 1.63. The topological polar surface area (TPSA) is 42.2 Å². The molecule has 11 heavy (non-hydrogen) atoms. The van der Waals surface area contributed by atoms with Crippen LogP contribution in [0.25, 0.3) is 0 Å². The first kappa shape index (κ1) is 8.01. The van der Waals surface area contributed by atoms with Crippen molar-refractivity contribution in [2.75, 3.05) is 7.05 Å². The molecule has 1 aromatic heterocycles. The van der Waals surface area contributed by atoms with Gasteiger partial charge in [0.2, 0.25) is 0 Å². The summed E-state index contributed by atoms with van der Waals surface area (Å²) in [5.41, 5.74) is 0.617. The van der Waals surface area contributed by atoms with Gasteiger partial charge in [-0.1, -0.05) is 0 Å². The Morgan fingerprint density at radius 2 is 2.45 bits per heavy atom. The quantitative estimate of drug-likeness (QED) is 0.660. The van der Waals surface area contributed by atoms with Crippen LogP contribution in [0.15, 0.2) is 23.0 Å². The van der Waals surface area contributed by atoms with E-state index in [0.29, 0.717) is 5.56 Å². The number of carbonyl (C=O) groups is 1. The molecular weight excluding hydrogens is 142 g/mol. The lowest BCUT2D eigenvalue weighted by atomic mass is 10.1. The van der Waals surface area contributed by atoms with Gasteiger partial charge in [0.05, 0.1) is 17.9 Å². The van der Waals surface area contributed by atoms with Gasteiger partial charge in [-0.05, 0) is 20.0 Å². The van der Waals surface area contributed by atoms with E-state index in [4.69, 9.17) is 4.42 Å². The highest BCUT2D eigenvalue weighted by Crippen LogP contribution is 2.03. The number of rotatable bonds is 3. The number of ketones is 1. The molecule has 1 atom stereocenters. The fourth-order valence-electron chi connectivity index (χ4n) is 0.786. The van der Waals surface area contributed by atoms with E-state index in [1.165, 1.54) is 12.5 Å². The Hall–Kier alpha value is -1.09. The fraction of sp³-hybridized carbons (Fsp3) is 0.375. The van der Waals surface area contributed by atoms with E-state index < -0.39 is 0 Å². The fourth-order valence-corrected chi connectivity index (χ4v) is 0.786. The molecule has 3 heteroatoms. The lowest BCUT2D eigenvalue weighted by Crippen LogP contribution is -2.30. The van der Waals surface area contributed by atoms with Crippen molar-refractivity contribution in [3.8, 4) is 0 Å². The number of likely N-dealkylation sites (N-methyl/N-ethyl adjacent to an activating group) is 1. The van der Waals surface area contributed by atoms with Gasteiger partial charge < -0.3 is 9.73 Å². The minimum atomic E-state index is -0.146. The molecular formula is C8H11NO2. The minimum absolute atomic E-state index is 0.0567. The number of nitrogens with one attached hydrogen (secondary N) is 1. The van der Waals surface area contributed by atoms with Gasteiger partial charge in [0, 0.05) is 0 Å². The monoisotopic (exact) mass is 153 g/mol. The van der Waals surface area contributed by atoms with Crippen LogP contribution in [0.5, 0.6) is 0 Å². The molecule has 0 spiro atoms. The normalized spacial score (nSPS) is 12.9. The molecule has 0 aliphatic rings. The summed E-state index contributed by atoms with van der Waals surface area (Å²) >= 11 is 0. The van der Waals surface area contributed by atoms with Crippen LogP contribution in [0.2, 0.25) is 0 Å². The summed E-state index contributed by atoms with van der Waals surface area (Å²) in [4.78, 5) is 11.3. The van der Waals surface area contributed by atoms with E-state index in [1.54, 1.807) is 13.1 Å². The Kier molecular flexibility index (Phi) is 2.44. The molecule has 1 aromatic rings. The smallest absolute Gasteiger partial charge is 0.182 e. The van der Waals surface area contributed by atoms with Crippen molar-refractivity contribution in [1.29, 1.82) is 0 Å². The third-order valence-corrected chi connectivity index (χ3v) is 1.63. The van der Waals surface area contributed by atoms with Crippen molar-refractivity contribution in [3.05, 3.63) is 24.2 Å². The summed E-state index contributed by atoms with van der Waals surface area (Å²) in [5.74, 6) is 0.0567. The number of hydrogen-bond donors (Lipinski definition) is 1. The second-order valence-corrected chi connectivity index (χ2v) is 2.39. The van der Waals surface area contributed by atoms with E-state index in [1.807, 2.05) is 6.92 Å². The van der Waals surface area contributed by atoms with Crippen LogP contribution in [0.1, 0.15) is 17.3 Å². The Balaban J connectivity index is 2.70. The molecule has 0 bridgehead atoms. The third kappa shape index (κ3) is 1.68. The summed E-state index contributed by atoms with van der Waals surface area (Å²) in [6, 6.07) is 1.52. The SMILES string of the molecule is CN[C@@H](C)C(=O)c1ccoc1. The van der Waals surface area contributed by atoms with Crippen molar-refractivity contribution in [1.82, 2.24) is 5.32 Å². The first-order chi connectivity index (χ1) is 5.25. The zero-order chi connectivity index (χ0) is 8.27. The number of carbonyl (C=O) groups excluding carboxylic acids is 1. The molecule has 1 rings (SSSR count). The van der Waals surface area contributed by atoms with Crippen molar-refractivity contribution >= 4 is 5.78 Å². The average molecular weight is 153 g/mol. The largest absolute Gasteiger partial charge is 0.472 e. The highest BCUT2D eigenvalue weighted by Gasteiger charge is 2.13.